The highest BCUT2D eigenvalue weighted by atomic mass is 15.1. The second kappa shape index (κ2) is 5.42. The molecule has 118 valence electrons. The number of fused-ring (bicyclic) bond motifs is 1. The Morgan fingerprint density at radius 3 is 2.29 bits per heavy atom. The number of nitrogens with two attached hydrogens (primary N) is 2. The van der Waals surface area contributed by atoms with E-state index in [1.165, 1.54) is 0 Å². The third-order valence-corrected chi connectivity index (χ3v) is 4.18. The number of nitrogen functional groups attached to an aromatic ring is 2. The largest absolute Gasteiger partial charge is 0.399 e. The van der Waals surface area contributed by atoms with Gasteiger partial charge in [-0.1, -0.05) is 18.2 Å². The van der Waals surface area contributed by atoms with Crippen molar-refractivity contribution in [2.75, 3.05) is 11.5 Å². The van der Waals surface area contributed by atoms with E-state index >= 15 is 0 Å². The molecule has 0 aliphatic carbocycles. The normalized spacial score (nSPS) is 11.0. The standard InChI is InChI=1S/C20H18N4/c1-13-11-14(21)7-9-17(13)20-23-18-10-8-15(22)12-19(18)24(20)16-5-3-2-4-6-16/h2-12H,21-22H2,1H3. The number of benzene rings is 3. The molecule has 0 atom stereocenters. The number of imidazole rings is 1. The maximum absolute atomic E-state index is 6.01. The minimum Gasteiger partial charge on any atom is -0.399 e. The van der Waals surface area contributed by atoms with Gasteiger partial charge in [-0.15, -0.1) is 0 Å². The molecule has 4 N–H and O–H groups in total. The van der Waals surface area contributed by atoms with Crippen LogP contribution in [0.15, 0.2) is 66.7 Å². The Hall–Kier alpha value is -3.27. The van der Waals surface area contributed by atoms with Gasteiger partial charge in [-0.25, -0.2) is 4.98 Å². The Kier molecular flexibility index (Phi) is 3.24. The van der Waals surface area contributed by atoms with Crippen LogP contribution in [-0.2, 0) is 0 Å². The van der Waals surface area contributed by atoms with Crippen molar-refractivity contribution in [3.63, 3.8) is 0 Å². The molecule has 24 heavy (non-hydrogen) atoms. The molecule has 3 aromatic carbocycles. The third kappa shape index (κ3) is 2.29. The van der Waals surface area contributed by atoms with Crippen molar-refractivity contribution in [1.29, 1.82) is 0 Å². The first kappa shape index (κ1) is 14.3. The molecular weight excluding hydrogens is 296 g/mol. The topological polar surface area (TPSA) is 69.9 Å². The first-order chi connectivity index (χ1) is 11.6. The van der Waals surface area contributed by atoms with Gasteiger partial charge in [0.15, 0.2) is 0 Å². The van der Waals surface area contributed by atoms with Crippen molar-refractivity contribution in [3.05, 3.63) is 72.3 Å². The zero-order valence-electron chi connectivity index (χ0n) is 13.4. The smallest absolute Gasteiger partial charge is 0.145 e. The second-order valence-electron chi connectivity index (χ2n) is 5.93. The quantitative estimate of drug-likeness (QED) is 0.546. The molecule has 0 radical (unpaired) electrons. The first-order valence-corrected chi connectivity index (χ1v) is 7.83. The van der Waals surface area contributed by atoms with Crippen LogP contribution in [0.1, 0.15) is 5.56 Å². The molecule has 0 bridgehead atoms. The number of hydrogen-bond donors (Lipinski definition) is 2. The number of rotatable bonds is 2. The predicted molar refractivity (Wildman–Crippen MR) is 100 cm³/mol. The zero-order valence-corrected chi connectivity index (χ0v) is 13.4. The number of para-hydroxylation sites is 1. The van der Waals surface area contributed by atoms with E-state index < -0.39 is 0 Å². The highest BCUT2D eigenvalue weighted by molar-refractivity contribution is 5.86. The summed E-state index contributed by atoms with van der Waals surface area (Å²) in [7, 11) is 0. The van der Waals surface area contributed by atoms with E-state index in [0.29, 0.717) is 0 Å². The highest BCUT2D eigenvalue weighted by Crippen LogP contribution is 2.32. The summed E-state index contributed by atoms with van der Waals surface area (Å²) in [6, 6.07) is 21.9. The summed E-state index contributed by atoms with van der Waals surface area (Å²) in [6.07, 6.45) is 0. The Labute approximate surface area is 140 Å². The molecule has 0 unspecified atom stereocenters. The zero-order chi connectivity index (χ0) is 16.7. The highest BCUT2D eigenvalue weighted by Gasteiger charge is 2.16. The van der Waals surface area contributed by atoms with Crippen LogP contribution in [-0.4, -0.2) is 9.55 Å². The van der Waals surface area contributed by atoms with Gasteiger partial charge >= 0.3 is 0 Å². The van der Waals surface area contributed by atoms with Crippen molar-refractivity contribution in [3.8, 4) is 17.1 Å². The van der Waals surface area contributed by atoms with Gasteiger partial charge in [0.2, 0.25) is 0 Å². The number of nitrogens with zero attached hydrogens (tertiary/aromatic N) is 2. The predicted octanol–water partition coefficient (Wildman–Crippen LogP) is 4.17. The summed E-state index contributed by atoms with van der Waals surface area (Å²) >= 11 is 0. The van der Waals surface area contributed by atoms with Crippen LogP contribution in [0.4, 0.5) is 11.4 Å². The third-order valence-electron chi connectivity index (χ3n) is 4.18. The summed E-state index contributed by atoms with van der Waals surface area (Å²) in [6.45, 7) is 2.05. The maximum Gasteiger partial charge on any atom is 0.145 e. The first-order valence-electron chi connectivity index (χ1n) is 7.83. The summed E-state index contributed by atoms with van der Waals surface area (Å²) in [5.74, 6) is 0.888. The molecule has 0 saturated carbocycles. The van der Waals surface area contributed by atoms with Crippen LogP contribution in [0.5, 0.6) is 0 Å². The van der Waals surface area contributed by atoms with E-state index in [9.17, 15) is 0 Å². The molecule has 0 spiro atoms. The van der Waals surface area contributed by atoms with E-state index in [0.717, 1.165) is 45.0 Å². The van der Waals surface area contributed by atoms with Crippen molar-refractivity contribution in [1.82, 2.24) is 9.55 Å². The Balaban J connectivity index is 2.08. The lowest BCUT2D eigenvalue weighted by atomic mass is 10.1. The molecule has 4 aromatic rings. The van der Waals surface area contributed by atoms with Crippen LogP contribution < -0.4 is 11.5 Å². The van der Waals surface area contributed by atoms with Crippen molar-refractivity contribution in [2.45, 2.75) is 6.92 Å². The molecule has 1 heterocycles. The fourth-order valence-corrected chi connectivity index (χ4v) is 3.05. The summed E-state index contributed by atoms with van der Waals surface area (Å²) < 4.78 is 2.14. The van der Waals surface area contributed by atoms with Crippen LogP contribution in [0, 0.1) is 6.92 Å². The van der Waals surface area contributed by atoms with Gasteiger partial charge in [0.05, 0.1) is 11.0 Å². The maximum atomic E-state index is 6.01. The number of hydrogen-bond acceptors (Lipinski definition) is 3. The molecule has 0 aliphatic rings. The van der Waals surface area contributed by atoms with E-state index in [4.69, 9.17) is 16.5 Å². The van der Waals surface area contributed by atoms with E-state index in [1.54, 1.807) is 0 Å². The SMILES string of the molecule is Cc1cc(N)ccc1-c1nc2ccc(N)cc2n1-c1ccccc1. The summed E-state index contributed by atoms with van der Waals surface area (Å²) in [5.41, 5.74) is 18.5. The number of aromatic nitrogens is 2. The molecule has 0 aliphatic heterocycles. The van der Waals surface area contributed by atoms with Gasteiger partial charge in [-0.2, -0.15) is 0 Å². The lowest BCUT2D eigenvalue weighted by Gasteiger charge is -2.12. The molecule has 1 aromatic heterocycles. The van der Waals surface area contributed by atoms with Crippen LogP contribution in [0.2, 0.25) is 0 Å². The van der Waals surface area contributed by atoms with E-state index in [-0.39, 0.29) is 0 Å². The van der Waals surface area contributed by atoms with Crippen molar-refractivity contribution >= 4 is 22.4 Å². The molecule has 0 amide bonds. The van der Waals surface area contributed by atoms with Crippen molar-refractivity contribution < 1.29 is 0 Å². The molecule has 4 nitrogen and oxygen atoms in total. The lowest BCUT2D eigenvalue weighted by molar-refractivity contribution is 1.10. The van der Waals surface area contributed by atoms with Crippen LogP contribution >= 0.6 is 0 Å². The number of aryl methyl sites for hydroxylation is 1. The summed E-state index contributed by atoms with van der Waals surface area (Å²) in [4.78, 5) is 4.86. The average Bonchev–Trinajstić information content (AvgIpc) is 2.94. The number of anilines is 2. The Bertz CT molecular complexity index is 1030. The molecule has 0 fully saturated rings. The van der Waals surface area contributed by atoms with Gasteiger partial charge in [-0.3, -0.25) is 4.57 Å². The van der Waals surface area contributed by atoms with E-state index in [2.05, 4.69) is 23.6 Å². The monoisotopic (exact) mass is 314 g/mol. The van der Waals surface area contributed by atoms with Gasteiger partial charge in [0, 0.05) is 22.6 Å². The fourth-order valence-electron chi connectivity index (χ4n) is 3.05. The Morgan fingerprint density at radius 2 is 1.54 bits per heavy atom. The minimum atomic E-state index is 0.722. The molecule has 4 rings (SSSR count). The Morgan fingerprint density at radius 1 is 0.833 bits per heavy atom. The lowest BCUT2D eigenvalue weighted by Crippen LogP contribution is -1.99. The molecule has 0 saturated heterocycles. The van der Waals surface area contributed by atoms with E-state index in [1.807, 2.05) is 54.6 Å². The van der Waals surface area contributed by atoms with Crippen molar-refractivity contribution in [2.24, 2.45) is 0 Å². The minimum absolute atomic E-state index is 0.722. The summed E-state index contributed by atoms with van der Waals surface area (Å²) in [5, 5.41) is 0. The average molecular weight is 314 g/mol. The van der Waals surface area contributed by atoms with Crippen LogP contribution in [0.25, 0.3) is 28.1 Å². The fraction of sp³-hybridized carbons (Fsp3) is 0.0500. The van der Waals surface area contributed by atoms with Crippen LogP contribution in [0.3, 0.4) is 0 Å². The second-order valence-corrected chi connectivity index (χ2v) is 5.93. The van der Waals surface area contributed by atoms with Gasteiger partial charge < -0.3 is 11.5 Å². The van der Waals surface area contributed by atoms with Gasteiger partial charge in [0.1, 0.15) is 5.82 Å². The molecule has 4 heteroatoms. The van der Waals surface area contributed by atoms with Gasteiger partial charge in [-0.05, 0) is 61.0 Å². The van der Waals surface area contributed by atoms with Gasteiger partial charge in [0.25, 0.3) is 0 Å². The molecular formula is C20H18N4.